The third-order valence-electron chi connectivity index (χ3n) is 4.83. The Labute approximate surface area is 202 Å². The van der Waals surface area contributed by atoms with Crippen molar-refractivity contribution in [2.45, 2.75) is 19.1 Å². The van der Waals surface area contributed by atoms with E-state index < -0.39 is 36.5 Å². The fraction of sp³-hybridized carbons (Fsp3) is 0.154. The van der Waals surface area contributed by atoms with E-state index in [1.54, 1.807) is 66.7 Å². The van der Waals surface area contributed by atoms with Gasteiger partial charge in [0.1, 0.15) is 19.2 Å². The van der Waals surface area contributed by atoms with E-state index in [1.807, 2.05) is 12.1 Å². The van der Waals surface area contributed by atoms with Crippen LogP contribution in [0.1, 0.15) is 21.5 Å². The van der Waals surface area contributed by atoms with Gasteiger partial charge in [-0.2, -0.15) is 5.06 Å². The van der Waals surface area contributed by atoms with Crippen LogP contribution in [0.25, 0.3) is 0 Å². The van der Waals surface area contributed by atoms with Gasteiger partial charge in [-0.25, -0.2) is 9.59 Å². The molecule has 180 valence electrons. The van der Waals surface area contributed by atoms with Crippen LogP contribution in [-0.2, 0) is 32.2 Å². The first-order valence-corrected chi connectivity index (χ1v) is 10.8. The lowest BCUT2D eigenvalue weighted by atomic mass is 10.1. The summed E-state index contributed by atoms with van der Waals surface area (Å²) in [4.78, 5) is 55.2. The largest absolute Gasteiger partial charge is 0.445 e. The van der Waals surface area contributed by atoms with Gasteiger partial charge in [0.15, 0.2) is 0 Å². The molecular weight excluding hydrogens is 450 g/mol. The molecule has 0 unspecified atom stereocenters. The van der Waals surface area contributed by atoms with E-state index in [4.69, 9.17) is 15.3 Å². The van der Waals surface area contributed by atoms with Crippen LogP contribution in [0.15, 0.2) is 91.0 Å². The molecule has 9 heteroatoms. The second kappa shape index (κ2) is 12.5. The minimum Gasteiger partial charge on any atom is -0.445 e. The van der Waals surface area contributed by atoms with Crippen LogP contribution in [0.5, 0.6) is 0 Å². The van der Waals surface area contributed by atoms with Crippen molar-refractivity contribution >= 4 is 23.9 Å². The lowest BCUT2D eigenvalue weighted by Gasteiger charge is -2.25. The van der Waals surface area contributed by atoms with Crippen molar-refractivity contribution in [1.29, 1.82) is 0 Å². The number of hydroxylamine groups is 2. The number of nitrogens with zero attached hydrogens (tertiary/aromatic N) is 1. The molecule has 0 bridgehead atoms. The van der Waals surface area contributed by atoms with Crippen molar-refractivity contribution in [3.63, 3.8) is 0 Å². The fourth-order valence-corrected chi connectivity index (χ4v) is 3.15. The Morgan fingerprint density at radius 1 is 0.800 bits per heavy atom. The summed E-state index contributed by atoms with van der Waals surface area (Å²) in [6.45, 7) is -0.698. The van der Waals surface area contributed by atoms with Crippen LogP contribution in [-0.4, -0.2) is 41.5 Å². The van der Waals surface area contributed by atoms with Crippen molar-refractivity contribution < 1.29 is 28.8 Å². The molecular formula is C26H25N3O6. The van der Waals surface area contributed by atoms with Crippen LogP contribution in [0.2, 0.25) is 0 Å². The third kappa shape index (κ3) is 8.01. The summed E-state index contributed by atoms with van der Waals surface area (Å²) in [5, 5.41) is 3.06. The van der Waals surface area contributed by atoms with Crippen LogP contribution in [0, 0.1) is 0 Å². The Morgan fingerprint density at radius 2 is 1.34 bits per heavy atom. The Bertz CT molecular complexity index is 1140. The normalized spacial score (nSPS) is 11.1. The van der Waals surface area contributed by atoms with Gasteiger partial charge in [0, 0.05) is 6.42 Å². The van der Waals surface area contributed by atoms with E-state index in [-0.39, 0.29) is 18.6 Å². The van der Waals surface area contributed by atoms with Crippen LogP contribution >= 0.6 is 0 Å². The maximum Gasteiger partial charge on any atom is 0.408 e. The van der Waals surface area contributed by atoms with Crippen molar-refractivity contribution in [1.82, 2.24) is 10.4 Å². The number of rotatable bonds is 9. The molecule has 1 atom stereocenters. The molecule has 3 aromatic rings. The summed E-state index contributed by atoms with van der Waals surface area (Å²) >= 11 is 0. The smallest absolute Gasteiger partial charge is 0.408 e. The molecule has 3 N–H and O–H groups in total. The van der Waals surface area contributed by atoms with Gasteiger partial charge in [0.2, 0.25) is 5.91 Å². The number of hydrogen-bond donors (Lipinski definition) is 2. The molecule has 0 aromatic heterocycles. The van der Waals surface area contributed by atoms with E-state index in [2.05, 4.69) is 5.32 Å². The van der Waals surface area contributed by atoms with Crippen molar-refractivity contribution in [3.8, 4) is 0 Å². The molecule has 3 rings (SSSR count). The number of carbonyl (C=O) groups excluding carboxylic acids is 4. The molecule has 9 nitrogen and oxygen atoms in total. The lowest BCUT2D eigenvalue weighted by Crippen LogP contribution is -2.52. The second-order valence-corrected chi connectivity index (χ2v) is 7.53. The molecule has 0 spiro atoms. The first-order valence-electron chi connectivity index (χ1n) is 10.8. The summed E-state index contributed by atoms with van der Waals surface area (Å²) in [6, 6.07) is 24.7. The first-order chi connectivity index (χ1) is 16.9. The van der Waals surface area contributed by atoms with Gasteiger partial charge in [-0.3, -0.25) is 9.59 Å². The highest BCUT2D eigenvalue weighted by Crippen LogP contribution is 2.10. The Hall–Kier alpha value is -4.66. The Morgan fingerprint density at radius 3 is 1.91 bits per heavy atom. The number of ether oxygens (including phenoxy) is 1. The third-order valence-corrected chi connectivity index (χ3v) is 4.83. The van der Waals surface area contributed by atoms with Gasteiger partial charge in [0.25, 0.3) is 5.91 Å². The predicted molar refractivity (Wildman–Crippen MR) is 126 cm³/mol. The zero-order chi connectivity index (χ0) is 25.0. The number of carbonyl (C=O) groups is 4. The minimum atomic E-state index is -1.21. The topological polar surface area (TPSA) is 128 Å². The predicted octanol–water partition coefficient (Wildman–Crippen LogP) is 2.61. The molecule has 3 amide bonds. The maximum atomic E-state index is 13.3. The van der Waals surface area contributed by atoms with Gasteiger partial charge in [-0.15, -0.1) is 0 Å². The average molecular weight is 476 g/mol. The van der Waals surface area contributed by atoms with E-state index in [9.17, 15) is 19.2 Å². The van der Waals surface area contributed by atoms with Crippen LogP contribution in [0.3, 0.4) is 0 Å². The molecule has 0 aliphatic rings. The van der Waals surface area contributed by atoms with Gasteiger partial charge in [-0.05, 0) is 23.3 Å². The molecule has 0 aliphatic carbocycles. The summed E-state index contributed by atoms with van der Waals surface area (Å²) in [7, 11) is 0. The van der Waals surface area contributed by atoms with Gasteiger partial charge in [-0.1, -0.05) is 78.9 Å². The zero-order valence-electron chi connectivity index (χ0n) is 18.8. The highest BCUT2D eigenvalue weighted by molar-refractivity contribution is 5.93. The van der Waals surface area contributed by atoms with E-state index in [1.165, 1.54) is 12.1 Å². The van der Waals surface area contributed by atoms with E-state index in [0.29, 0.717) is 5.06 Å². The minimum absolute atomic E-state index is 0.00703. The van der Waals surface area contributed by atoms with E-state index in [0.717, 1.165) is 11.1 Å². The van der Waals surface area contributed by atoms with Gasteiger partial charge < -0.3 is 20.6 Å². The molecule has 35 heavy (non-hydrogen) atoms. The fourth-order valence-electron chi connectivity index (χ4n) is 3.15. The first kappa shape index (κ1) is 25.0. The molecule has 0 saturated carbocycles. The number of amides is 3. The molecule has 0 fully saturated rings. The average Bonchev–Trinajstić information content (AvgIpc) is 2.87. The summed E-state index contributed by atoms with van der Waals surface area (Å²) in [5.41, 5.74) is 6.94. The van der Waals surface area contributed by atoms with Crippen LogP contribution < -0.4 is 11.1 Å². The van der Waals surface area contributed by atoms with Gasteiger partial charge in [0.05, 0.1) is 5.56 Å². The van der Waals surface area contributed by atoms with Crippen LogP contribution in [0.4, 0.5) is 4.79 Å². The van der Waals surface area contributed by atoms with E-state index >= 15 is 0 Å². The zero-order valence-corrected chi connectivity index (χ0v) is 18.8. The van der Waals surface area contributed by atoms with Gasteiger partial charge >= 0.3 is 12.1 Å². The number of primary amides is 1. The van der Waals surface area contributed by atoms with Crippen molar-refractivity contribution in [2.75, 3.05) is 6.54 Å². The highest BCUT2D eigenvalue weighted by Gasteiger charge is 2.31. The number of nitrogens with one attached hydrogen (secondary N) is 1. The molecule has 3 aromatic carbocycles. The summed E-state index contributed by atoms with van der Waals surface area (Å²) < 4.78 is 5.24. The van der Waals surface area contributed by atoms with Crippen molar-refractivity contribution in [3.05, 3.63) is 108 Å². The second-order valence-electron chi connectivity index (χ2n) is 7.53. The number of hydrogen-bond acceptors (Lipinski definition) is 6. The summed E-state index contributed by atoms with van der Waals surface area (Å²) in [5.74, 6) is -2.59. The summed E-state index contributed by atoms with van der Waals surface area (Å²) in [6.07, 6.45) is -0.797. The highest BCUT2D eigenvalue weighted by atomic mass is 16.7. The monoisotopic (exact) mass is 475 g/mol. The maximum absolute atomic E-state index is 13.3. The number of alkyl carbamates (subject to hydrolysis) is 1. The van der Waals surface area contributed by atoms with Crippen molar-refractivity contribution in [2.24, 2.45) is 5.73 Å². The molecule has 0 aliphatic heterocycles. The Balaban J connectivity index is 1.76. The molecule has 0 radical (unpaired) electrons. The Kier molecular flexibility index (Phi) is 8.95. The molecule has 0 saturated heterocycles. The SMILES string of the molecule is NC(=O)CN(OC(=O)c1ccccc1)C(=O)[C@H](Cc1ccccc1)NC(=O)OCc1ccccc1. The quantitative estimate of drug-likeness (QED) is 0.458. The molecule has 0 heterocycles. The lowest BCUT2D eigenvalue weighted by molar-refractivity contribution is -0.171. The standard InChI is InChI=1S/C26H25N3O6/c27-23(30)17-29(35-25(32)21-14-8-3-9-15-21)24(31)22(16-19-10-4-1-5-11-19)28-26(33)34-18-20-12-6-2-7-13-20/h1-15,22H,16-18H2,(H2,27,30)(H,28,33)/t22-/m0/s1. The number of nitrogens with two attached hydrogens (primary N) is 1. The number of benzene rings is 3.